The van der Waals surface area contributed by atoms with Crippen molar-refractivity contribution in [2.45, 2.75) is 38.8 Å². The van der Waals surface area contributed by atoms with Gasteiger partial charge in [0.05, 0.1) is 24.8 Å². The fourth-order valence-electron chi connectivity index (χ4n) is 2.77. The van der Waals surface area contributed by atoms with Crippen molar-refractivity contribution < 1.29 is 9.47 Å². The molecule has 1 N–H and O–H groups in total. The molecule has 1 aromatic heterocycles. The minimum absolute atomic E-state index is 0.269. The number of rotatable bonds is 4. The maximum absolute atomic E-state index is 5.82. The number of H-pyrrole nitrogens is 1. The van der Waals surface area contributed by atoms with E-state index < -0.39 is 0 Å². The van der Waals surface area contributed by atoms with Gasteiger partial charge >= 0.3 is 0 Å². The number of ether oxygens (including phenoxy) is 2. The highest BCUT2D eigenvalue weighted by Gasteiger charge is 2.17. The minimum atomic E-state index is 0.269. The van der Waals surface area contributed by atoms with Gasteiger partial charge in [0.15, 0.2) is 4.77 Å². The van der Waals surface area contributed by atoms with E-state index in [0.29, 0.717) is 6.61 Å². The molecular weight excluding hydrogens is 272 g/mol. The number of aromatic nitrogens is 2. The first-order valence-electron chi connectivity index (χ1n) is 7.25. The Kier molecular flexibility index (Phi) is 4.08. The summed E-state index contributed by atoms with van der Waals surface area (Å²) in [5.41, 5.74) is 2.07. The lowest BCUT2D eigenvalue weighted by Crippen LogP contribution is -2.24. The molecule has 1 aliphatic rings. The summed E-state index contributed by atoms with van der Waals surface area (Å²) in [5, 5.41) is 0. The van der Waals surface area contributed by atoms with Crippen LogP contribution < -0.4 is 4.74 Å². The summed E-state index contributed by atoms with van der Waals surface area (Å²) in [5.74, 6) is 0.861. The topological polar surface area (TPSA) is 39.2 Å². The van der Waals surface area contributed by atoms with E-state index >= 15 is 0 Å². The molecule has 0 spiro atoms. The van der Waals surface area contributed by atoms with E-state index in [4.69, 9.17) is 21.7 Å². The number of benzene rings is 1. The summed E-state index contributed by atoms with van der Waals surface area (Å²) < 4.78 is 14.3. The van der Waals surface area contributed by atoms with Crippen LogP contribution in [0.4, 0.5) is 0 Å². The minimum Gasteiger partial charge on any atom is -0.492 e. The quantitative estimate of drug-likeness (QED) is 0.874. The zero-order valence-corrected chi connectivity index (χ0v) is 12.5. The lowest BCUT2D eigenvalue weighted by Gasteiger charge is -2.23. The monoisotopic (exact) mass is 292 g/mol. The summed E-state index contributed by atoms with van der Waals surface area (Å²) >= 11 is 5.46. The molecule has 0 bridgehead atoms. The molecule has 1 unspecified atom stereocenters. The second kappa shape index (κ2) is 5.97. The van der Waals surface area contributed by atoms with Crippen molar-refractivity contribution in [3.8, 4) is 5.75 Å². The summed E-state index contributed by atoms with van der Waals surface area (Å²) in [6, 6.07) is 6.06. The molecule has 2 heterocycles. The molecule has 0 amide bonds. The van der Waals surface area contributed by atoms with Gasteiger partial charge in [0.2, 0.25) is 0 Å². The van der Waals surface area contributed by atoms with E-state index in [2.05, 4.69) is 15.6 Å². The maximum atomic E-state index is 5.82. The average Bonchev–Trinajstić information content (AvgIpc) is 2.78. The molecule has 1 fully saturated rings. The van der Waals surface area contributed by atoms with Crippen molar-refractivity contribution in [3.63, 3.8) is 0 Å². The van der Waals surface area contributed by atoms with E-state index in [9.17, 15) is 0 Å². The van der Waals surface area contributed by atoms with Gasteiger partial charge in [-0.05, 0) is 50.5 Å². The summed E-state index contributed by atoms with van der Waals surface area (Å²) in [4.78, 5) is 3.27. The number of imidazole rings is 1. The SMILES string of the molecule is CCOc1cccc2c1[nH]c(=S)n2CC1CCCCO1. The number of nitrogens with one attached hydrogen (secondary N) is 1. The van der Waals surface area contributed by atoms with Crippen molar-refractivity contribution in [2.24, 2.45) is 0 Å². The number of aromatic amines is 1. The number of para-hydroxylation sites is 1. The second-order valence-electron chi connectivity index (χ2n) is 5.11. The third kappa shape index (κ3) is 2.60. The Morgan fingerprint density at radius 1 is 1.45 bits per heavy atom. The standard InChI is InChI=1S/C15H20N2O2S/c1-2-18-13-8-5-7-12-14(13)16-15(20)17(12)10-11-6-3-4-9-19-11/h5,7-8,11H,2-4,6,9-10H2,1H3,(H,16,20). The number of hydrogen-bond acceptors (Lipinski definition) is 3. The van der Waals surface area contributed by atoms with Crippen LogP contribution in [0.1, 0.15) is 26.2 Å². The molecule has 5 heteroatoms. The fraction of sp³-hybridized carbons (Fsp3) is 0.533. The van der Waals surface area contributed by atoms with Crippen molar-refractivity contribution in [1.29, 1.82) is 0 Å². The van der Waals surface area contributed by atoms with E-state index in [0.717, 1.165) is 41.1 Å². The van der Waals surface area contributed by atoms with E-state index in [1.54, 1.807) is 0 Å². The molecule has 20 heavy (non-hydrogen) atoms. The van der Waals surface area contributed by atoms with Crippen LogP contribution >= 0.6 is 12.2 Å². The van der Waals surface area contributed by atoms with E-state index in [-0.39, 0.29) is 6.10 Å². The lowest BCUT2D eigenvalue weighted by atomic mass is 10.1. The normalized spacial score (nSPS) is 19.4. The Balaban J connectivity index is 1.96. The highest BCUT2D eigenvalue weighted by molar-refractivity contribution is 7.71. The first-order chi connectivity index (χ1) is 9.79. The third-order valence-electron chi connectivity index (χ3n) is 3.73. The van der Waals surface area contributed by atoms with Crippen molar-refractivity contribution in [2.75, 3.05) is 13.2 Å². The van der Waals surface area contributed by atoms with Gasteiger partial charge in [-0.15, -0.1) is 0 Å². The molecule has 3 rings (SSSR count). The molecule has 1 atom stereocenters. The van der Waals surface area contributed by atoms with Gasteiger partial charge < -0.3 is 19.0 Å². The Labute approximate surface area is 123 Å². The Hall–Kier alpha value is -1.33. The third-order valence-corrected chi connectivity index (χ3v) is 4.05. The highest BCUT2D eigenvalue weighted by Crippen LogP contribution is 2.26. The van der Waals surface area contributed by atoms with Crippen LogP contribution in [0.25, 0.3) is 11.0 Å². The van der Waals surface area contributed by atoms with Gasteiger partial charge in [-0.1, -0.05) is 6.07 Å². The largest absolute Gasteiger partial charge is 0.492 e. The van der Waals surface area contributed by atoms with Crippen molar-refractivity contribution in [3.05, 3.63) is 23.0 Å². The van der Waals surface area contributed by atoms with Gasteiger partial charge in [-0.25, -0.2) is 0 Å². The second-order valence-corrected chi connectivity index (χ2v) is 5.50. The van der Waals surface area contributed by atoms with Gasteiger partial charge in [0, 0.05) is 6.61 Å². The molecule has 0 aliphatic carbocycles. The summed E-state index contributed by atoms with van der Waals surface area (Å²) in [6.45, 7) is 4.32. The Morgan fingerprint density at radius 2 is 2.35 bits per heavy atom. The summed E-state index contributed by atoms with van der Waals surface area (Å²) in [7, 11) is 0. The molecule has 108 valence electrons. The Morgan fingerprint density at radius 3 is 3.10 bits per heavy atom. The van der Waals surface area contributed by atoms with Crippen LogP contribution in [-0.2, 0) is 11.3 Å². The predicted molar refractivity (Wildman–Crippen MR) is 81.9 cm³/mol. The smallest absolute Gasteiger partial charge is 0.178 e. The van der Waals surface area contributed by atoms with E-state index in [1.165, 1.54) is 12.8 Å². The molecule has 0 saturated carbocycles. The van der Waals surface area contributed by atoms with Crippen LogP contribution in [0, 0.1) is 4.77 Å². The molecule has 1 saturated heterocycles. The molecule has 4 nitrogen and oxygen atoms in total. The first-order valence-corrected chi connectivity index (χ1v) is 7.66. The maximum Gasteiger partial charge on any atom is 0.178 e. The van der Waals surface area contributed by atoms with Gasteiger partial charge in [0.1, 0.15) is 11.3 Å². The molecule has 1 aromatic carbocycles. The van der Waals surface area contributed by atoms with Crippen LogP contribution in [0.5, 0.6) is 5.75 Å². The number of hydrogen-bond donors (Lipinski definition) is 1. The molecule has 0 radical (unpaired) electrons. The van der Waals surface area contributed by atoms with Crippen LogP contribution in [-0.4, -0.2) is 28.9 Å². The summed E-state index contributed by atoms with van der Waals surface area (Å²) in [6.07, 6.45) is 3.79. The molecular formula is C15H20N2O2S. The zero-order valence-electron chi connectivity index (χ0n) is 11.7. The Bertz CT molecular complexity index is 641. The van der Waals surface area contributed by atoms with E-state index in [1.807, 2.05) is 19.1 Å². The van der Waals surface area contributed by atoms with Gasteiger partial charge in [-0.3, -0.25) is 0 Å². The van der Waals surface area contributed by atoms with Gasteiger partial charge in [0.25, 0.3) is 0 Å². The van der Waals surface area contributed by atoms with Crippen LogP contribution in [0.15, 0.2) is 18.2 Å². The van der Waals surface area contributed by atoms with Crippen molar-refractivity contribution in [1.82, 2.24) is 9.55 Å². The first kappa shape index (κ1) is 13.6. The van der Waals surface area contributed by atoms with Crippen LogP contribution in [0.2, 0.25) is 0 Å². The molecule has 1 aliphatic heterocycles. The average molecular weight is 292 g/mol. The zero-order chi connectivity index (χ0) is 13.9. The van der Waals surface area contributed by atoms with Gasteiger partial charge in [-0.2, -0.15) is 0 Å². The van der Waals surface area contributed by atoms with Crippen LogP contribution in [0.3, 0.4) is 0 Å². The highest BCUT2D eigenvalue weighted by atomic mass is 32.1. The number of fused-ring (bicyclic) bond motifs is 1. The van der Waals surface area contributed by atoms with Crippen molar-refractivity contribution >= 4 is 23.3 Å². The molecule has 2 aromatic rings. The predicted octanol–water partition coefficient (Wildman–Crippen LogP) is 3.67. The number of nitrogens with zero attached hydrogens (tertiary/aromatic N) is 1. The lowest BCUT2D eigenvalue weighted by molar-refractivity contribution is 0.00641. The fourth-order valence-corrected chi connectivity index (χ4v) is 3.04.